The topological polar surface area (TPSA) is 126 Å². The fourth-order valence-electron chi connectivity index (χ4n) is 3.80. The molecular formula is C29H29N5O5S. The zero-order valence-electron chi connectivity index (χ0n) is 22.6. The Morgan fingerprint density at radius 3 is 2.33 bits per heavy atom. The minimum atomic E-state index is -1.06. The molecule has 4 aromatic rings. The molecule has 0 saturated carbocycles. The third-order valence-corrected chi connectivity index (χ3v) is 6.85. The van der Waals surface area contributed by atoms with Gasteiger partial charge in [-0.1, -0.05) is 23.5 Å². The summed E-state index contributed by atoms with van der Waals surface area (Å²) in [7, 11) is 6.96. The van der Waals surface area contributed by atoms with Crippen LogP contribution >= 0.6 is 11.3 Å². The Labute approximate surface area is 236 Å². The molecule has 0 aliphatic carbocycles. The quantitative estimate of drug-likeness (QED) is 0.280. The Hall–Kier alpha value is -4.66. The minimum Gasteiger partial charge on any atom is -0.493 e. The van der Waals surface area contributed by atoms with Crippen molar-refractivity contribution in [1.29, 1.82) is 5.26 Å². The van der Waals surface area contributed by atoms with Gasteiger partial charge in [0.1, 0.15) is 5.75 Å². The van der Waals surface area contributed by atoms with E-state index in [1.807, 2.05) is 19.0 Å². The van der Waals surface area contributed by atoms with Gasteiger partial charge in [-0.3, -0.25) is 14.9 Å². The van der Waals surface area contributed by atoms with Gasteiger partial charge in [0.05, 0.1) is 36.1 Å². The van der Waals surface area contributed by atoms with Gasteiger partial charge in [0.2, 0.25) is 6.10 Å². The number of nitrogens with zero attached hydrogens (tertiary/aromatic N) is 3. The molecule has 1 atom stereocenters. The average molecular weight is 560 g/mol. The second kappa shape index (κ2) is 12.9. The van der Waals surface area contributed by atoms with Crippen LogP contribution < -0.4 is 24.8 Å². The van der Waals surface area contributed by atoms with Gasteiger partial charge in [0.15, 0.2) is 16.6 Å². The van der Waals surface area contributed by atoms with Crippen molar-refractivity contribution in [2.75, 3.05) is 46.7 Å². The highest BCUT2D eigenvalue weighted by Gasteiger charge is 2.25. The molecule has 2 N–H and O–H groups in total. The highest BCUT2D eigenvalue weighted by atomic mass is 32.1. The van der Waals surface area contributed by atoms with Gasteiger partial charge in [0, 0.05) is 36.3 Å². The van der Waals surface area contributed by atoms with Crippen molar-refractivity contribution in [2.45, 2.75) is 6.10 Å². The molecule has 0 spiro atoms. The largest absolute Gasteiger partial charge is 0.493 e. The van der Waals surface area contributed by atoms with Gasteiger partial charge in [0.25, 0.3) is 11.8 Å². The van der Waals surface area contributed by atoms with Crippen LogP contribution in [0.15, 0.2) is 60.7 Å². The number of thiazole rings is 1. The van der Waals surface area contributed by atoms with Crippen LogP contribution in [-0.2, 0) is 4.79 Å². The van der Waals surface area contributed by atoms with Crippen LogP contribution in [-0.4, -0.2) is 63.1 Å². The van der Waals surface area contributed by atoms with Crippen LogP contribution in [0.25, 0.3) is 10.2 Å². The molecule has 0 saturated heterocycles. The number of carbonyl (C=O) groups excluding carboxylic acids is 2. The Balaban J connectivity index is 1.58. The average Bonchev–Trinajstić information content (AvgIpc) is 3.36. The minimum absolute atomic E-state index is 0.206. The van der Waals surface area contributed by atoms with Crippen molar-refractivity contribution < 1.29 is 23.8 Å². The van der Waals surface area contributed by atoms with Crippen LogP contribution in [0.3, 0.4) is 0 Å². The molecule has 0 aliphatic rings. The van der Waals surface area contributed by atoms with Crippen LogP contribution in [0.4, 0.5) is 5.13 Å². The molecule has 1 unspecified atom stereocenters. The molecular weight excluding hydrogens is 530 g/mol. The number of hydrogen-bond donors (Lipinski definition) is 2. The molecule has 0 bridgehead atoms. The lowest BCUT2D eigenvalue weighted by molar-refractivity contribution is -0.123. The summed E-state index contributed by atoms with van der Waals surface area (Å²) in [5.74, 6) is 0.840. The number of fused-ring (bicyclic) bond motifs is 1. The van der Waals surface area contributed by atoms with E-state index in [4.69, 9.17) is 19.5 Å². The monoisotopic (exact) mass is 559 g/mol. The summed E-state index contributed by atoms with van der Waals surface area (Å²) >= 11 is 1.29. The zero-order valence-corrected chi connectivity index (χ0v) is 23.4. The fourth-order valence-corrected chi connectivity index (χ4v) is 4.68. The van der Waals surface area contributed by atoms with Crippen LogP contribution in [0.2, 0.25) is 0 Å². The van der Waals surface area contributed by atoms with Gasteiger partial charge in [-0.25, -0.2) is 4.98 Å². The summed E-state index contributed by atoms with van der Waals surface area (Å²) < 4.78 is 17.6. The number of benzene rings is 3. The molecule has 2 amide bonds. The number of carbonyl (C=O) groups is 2. The standard InChI is InChI=1S/C29H29N5O5S/c1-34(2)14-13-31-27(35)20-9-7-19(8-10-20)26(39-21-11-5-18(17-30)6-12-21)28(36)33-29-32-22-15-23(37-3)24(38-4)16-25(22)40-29/h5-12,15-16,26H,13-14H2,1-4H3,(H,31,35)(H,32,33,36). The maximum Gasteiger partial charge on any atom is 0.271 e. The number of rotatable bonds is 11. The number of ether oxygens (including phenoxy) is 3. The summed E-state index contributed by atoms with van der Waals surface area (Å²) in [6.07, 6.45) is -1.06. The lowest BCUT2D eigenvalue weighted by Crippen LogP contribution is -2.31. The van der Waals surface area contributed by atoms with Crippen molar-refractivity contribution in [1.82, 2.24) is 15.2 Å². The van der Waals surface area contributed by atoms with Crippen LogP contribution in [0.5, 0.6) is 17.2 Å². The summed E-state index contributed by atoms with van der Waals surface area (Å²) in [5, 5.41) is 15.2. The lowest BCUT2D eigenvalue weighted by atomic mass is 10.1. The molecule has 1 aromatic heterocycles. The SMILES string of the molecule is COc1cc2nc(NC(=O)C(Oc3ccc(C#N)cc3)c3ccc(C(=O)NCCN(C)C)cc3)sc2cc1OC. The molecule has 4 rings (SSSR count). The first-order valence-electron chi connectivity index (χ1n) is 12.3. The van der Waals surface area contributed by atoms with Crippen molar-refractivity contribution in [3.8, 4) is 23.3 Å². The number of nitriles is 1. The molecule has 0 radical (unpaired) electrons. The number of methoxy groups -OCH3 is 2. The number of likely N-dealkylation sites (N-methyl/N-ethyl adjacent to an activating group) is 1. The molecule has 3 aromatic carbocycles. The van der Waals surface area contributed by atoms with E-state index < -0.39 is 12.0 Å². The highest BCUT2D eigenvalue weighted by Crippen LogP contribution is 2.36. The van der Waals surface area contributed by atoms with E-state index in [-0.39, 0.29) is 5.91 Å². The number of anilines is 1. The Bertz CT molecular complexity index is 1490. The van der Waals surface area contributed by atoms with Gasteiger partial charge >= 0.3 is 0 Å². The van der Waals surface area contributed by atoms with Gasteiger partial charge in [-0.2, -0.15) is 5.26 Å². The highest BCUT2D eigenvalue weighted by molar-refractivity contribution is 7.22. The van der Waals surface area contributed by atoms with E-state index in [9.17, 15) is 9.59 Å². The predicted molar refractivity (Wildman–Crippen MR) is 153 cm³/mol. The normalized spacial score (nSPS) is 11.5. The number of amides is 2. The third-order valence-electron chi connectivity index (χ3n) is 5.92. The maximum atomic E-state index is 13.5. The van der Waals surface area contributed by atoms with Crippen molar-refractivity contribution in [2.24, 2.45) is 0 Å². The van der Waals surface area contributed by atoms with Crippen molar-refractivity contribution in [3.63, 3.8) is 0 Å². The van der Waals surface area contributed by atoms with Crippen LogP contribution in [0, 0.1) is 11.3 Å². The first-order valence-corrected chi connectivity index (χ1v) is 13.2. The van der Waals surface area contributed by atoms with Gasteiger partial charge in [-0.15, -0.1) is 0 Å². The van der Waals surface area contributed by atoms with E-state index in [1.54, 1.807) is 74.9 Å². The van der Waals surface area contributed by atoms with Crippen molar-refractivity contribution >= 4 is 38.5 Å². The first kappa shape index (κ1) is 28.4. The number of aromatic nitrogens is 1. The summed E-state index contributed by atoms with van der Waals surface area (Å²) in [4.78, 5) is 32.6. The van der Waals surface area contributed by atoms with Gasteiger partial charge in [-0.05, 0) is 50.5 Å². The summed E-state index contributed by atoms with van der Waals surface area (Å²) in [5.41, 5.74) is 2.12. The predicted octanol–water partition coefficient (Wildman–Crippen LogP) is 4.24. The Kier molecular flexibility index (Phi) is 9.16. The number of hydrogen-bond acceptors (Lipinski definition) is 9. The molecule has 0 aliphatic heterocycles. The Morgan fingerprint density at radius 2 is 1.70 bits per heavy atom. The summed E-state index contributed by atoms with van der Waals surface area (Å²) in [6, 6.07) is 18.7. The maximum absolute atomic E-state index is 13.5. The van der Waals surface area contributed by atoms with Crippen molar-refractivity contribution in [3.05, 3.63) is 77.4 Å². The molecule has 0 fully saturated rings. The Morgan fingerprint density at radius 1 is 1.02 bits per heavy atom. The van der Waals surface area contributed by atoms with E-state index in [0.29, 0.717) is 51.1 Å². The second-order valence-electron chi connectivity index (χ2n) is 9.00. The van der Waals surface area contributed by atoms with E-state index in [0.717, 1.165) is 11.2 Å². The van der Waals surface area contributed by atoms with Gasteiger partial charge < -0.3 is 24.4 Å². The van der Waals surface area contributed by atoms with E-state index in [1.165, 1.54) is 11.3 Å². The van der Waals surface area contributed by atoms with E-state index in [2.05, 4.69) is 21.7 Å². The van der Waals surface area contributed by atoms with E-state index >= 15 is 0 Å². The molecule has 206 valence electrons. The van der Waals surface area contributed by atoms with Crippen LogP contribution in [0.1, 0.15) is 27.6 Å². The molecule has 11 heteroatoms. The fraction of sp³-hybridized carbons (Fsp3) is 0.241. The first-order chi connectivity index (χ1) is 19.3. The second-order valence-corrected chi connectivity index (χ2v) is 10.0. The molecule has 40 heavy (non-hydrogen) atoms. The zero-order chi connectivity index (χ0) is 28.6. The third kappa shape index (κ3) is 6.85. The number of nitrogens with one attached hydrogen (secondary N) is 2. The smallest absolute Gasteiger partial charge is 0.271 e. The molecule has 10 nitrogen and oxygen atoms in total. The lowest BCUT2D eigenvalue weighted by Gasteiger charge is -2.19. The summed E-state index contributed by atoms with van der Waals surface area (Å²) in [6.45, 7) is 1.23. The molecule has 1 heterocycles.